The number of hydrogen-bond donors (Lipinski definition) is 2. The van der Waals surface area contributed by atoms with E-state index in [-0.39, 0.29) is 11.4 Å². The van der Waals surface area contributed by atoms with Gasteiger partial charge in [0.25, 0.3) is 0 Å². The van der Waals surface area contributed by atoms with E-state index < -0.39 is 17.6 Å². The minimum atomic E-state index is -0.891. The van der Waals surface area contributed by atoms with Crippen molar-refractivity contribution in [1.82, 2.24) is 10.3 Å². The van der Waals surface area contributed by atoms with E-state index in [4.69, 9.17) is 14.2 Å². The molecule has 9 heteroatoms. The number of nitrogens with one attached hydrogen (secondary N) is 2. The molecule has 2 amide bonds. The van der Waals surface area contributed by atoms with Gasteiger partial charge in [-0.2, -0.15) is 0 Å². The largest absolute Gasteiger partial charge is 0.493 e. The fraction of sp³-hybridized carbons (Fsp3) is 0.148. The molecule has 0 bridgehead atoms. The molecule has 0 aliphatic carbocycles. The molecule has 0 aliphatic heterocycles. The molecule has 0 aliphatic rings. The van der Waals surface area contributed by atoms with Crippen LogP contribution in [-0.2, 0) is 16.0 Å². The number of methoxy groups -OCH3 is 2. The molecule has 0 radical (unpaired) electrons. The maximum Gasteiger partial charge on any atom is 0.313 e. The predicted molar refractivity (Wildman–Crippen MR) is 133 cm³/mol. The summed E-state index contributed by atoms with van der Waals surface area (Å²) in [5, 5.41) is 5.54. The molecule has 0 fully saturated rings. The highest BCUT2D eigenvalue weighted by molar-refractivity contribution is 6.39. The summed E-state index contributed by atoms with van der Waals surface area (Å²) < 4.78 is 31.2. The predicted octanol–water partition coefficient (Wildman–Crippen LogP) is 4.48. The van der Waals surface area contributed by atoms with Gasteiger partial charge in [-0.1, -0.05) is 30.3 Å². The van der Waals surface area contributed by atoms with Crippen molar-refractivity contribution in [2.75, 3.05) is 26.1 Å². The van der Waals surface area contributed by atoms with Crippen LogP contribution in [0.15, 0.2) is 72.9 Å². The number of ether oxygens (including phenoxy) is 3. The number of benzene rings is 3. The van der Waals surface area contributed by atoms with E-state index in [1.54, 1.807) is 18.2 Å². The number of halogens is 1. The van der Waals surface area contributed by atoms with Crippen LogP contribution in [0.2, 0.25) is 0 Å². The summed E-state index contributed by atoms with van der Waals surface area (Å²) in [5.41, 5.74) is 1.73. The van der Waals surface area contributed by atoms with Crippen molar-refractivity contribution in [1.29, 1.82) is 0 Å². The number of hydrogen-bond acceptors (Lipinski definition) is 6. The molecule has 0 saturated heterocycles. The van der Waals surface area contributed by atoms with Gasteiger partial charge in [0.2, 0.25) is 0 Å². The maximum atomic E-state index is 14.8. The first kappa shape index (κ1) is 24.5. The quantitative estimate of drug-likeness (QED) is 0.354. The van der Waals surface area contributed by atoms with Gasteiger partial charge in [0.1, 0.15) is 5.75 Å². The zero-order valence-electron chi connectivity index (χ0n) is 19.7. The first-order valence-electron chi connectivity index (χ1n) is 11.1. The van der Waals surface area contributed by atoms with E-state index in [0.717, 1.165) is 11.6 Å². The van der Waals surface area contributed by atoms with Crippen LogP contribution in [0, 0.1) is 5.82 Å². The summed E-state index contributed by atoms with van der Waals surface area (Å²) in [5.74, 6) is -1.15. The zero-order chi connectivity index (χ0) is 25.5. The summed E-state index contributed by atoms with van der Waals surface area (Å²) in [7, 11) is 3.03. The Kier molecular flexibility index (Phi) is 7.60. The topological polar surface area (TPSA) is 98.8 Å². The first-order valence-corrected chi connectivity index (χ1v) is 11.1. The summed E-state index contributed by atoms with van der Waals surface area (Å²) in [6.45, 7) is 0.300. The van der Waals surface area contributed by atoms with Crippen LogP contribution in [0.5, 0.6) is 23.0 Å². The minimum absolute atomic E-state index is 0.0670. The lowest BCUT2D eigenvalue weighted by atomic mass is 10.1. The number of amides is 2. The monoisotopic (exact) mass is 489 g/mol. The number of pyridine rings is 1. The summed E-state index contributed by atoms with van der Waals surface area (Å²) in [4.78, 5) is 28.6. The first-order chi connectivity index (χ1) is 17.5. The molecule has 0 unspecified atom stereocenters. The second-order valence-electron chi connectivity index (χ2n) is 7.73. The molecule has 184 valence electrons. The van der Waals surface area contributed by atoms with Crippen LogP contribution >= 0.6 is 0 Å². The smallest absolute Gasteiger partial charge is 0.313 e. The summed E-state index contributed by atoms with van der Waals surface area (Å²) in [6.07, 6.45) is 2.12. The normalized spacial score (nSPS) is 10.5. The van der Waals surface area contributed by atoms with Gasteiger partial charge < -0.3 is 24.8 Å². The molecule has 0 saturated carbocycles. The molecule has 1 aromatic heterocycles. The van der Waals surface area contributed by atoms with Gasteiger partial charge >= 0.3 is 11.8 Å². The van der Waals surface area contributed by atoms with Crippen LogP contribution in [0.4, 0.5) is 10.1 Å². The van der Waals surface area contributed by atoms with Crippen molar-refractivity contribution in [3.05, 3.63) is 84.3 Å². The van der Waals surface area contributed by atoms with Crippen molar-refractivity contribution < 1.29 is 28.2 Å². The average molecular weight is 490 g/mol. The number of fused-ring (bicyclic) bond motifs is 1. The standard InChI is InChI=1S/C27H24FN3O5/c1-34-24-15-19-21(16-25(24)35-2)29-13-11-22(19)36-23-9-8-18(14-20(23)28)31-27(33)26(32)30-12-10-17-6-4-3-5-7-17/h3-9,11,13-16H,10,12H2,1-2H3,(H,30,32)(H,31,33). The van der Waals surface area contributed by atoms with E-state index in [9.17, 15) is 14.0 Å². The van der Waals surface area contributed by atoms with Crippen LogP contribution in [-0.4, -0.2) is 37.6 Å². The van der Waals surface area contributed by atoms with Gasteiger partial charge in [-0.25, -0.2) is 4.39 Å². The Morgan fingerprint density at radius 3 is 2.33 bits per heavy atom. The van der Waals surface area contributed by atoms with Gasteiger partial charge in [0.15, 0.2) is 23.1 Å². The van der Waals surface area contributed by atoms with Crippen molar-refractivity contribution in [2.24, 2.45) is 0 Å². The van der Waals surface area contributed by atoms with Crippen molar-refractivity contribution >= 4 is 28.4 Å². The minimum Gasteiger partial charge on any atom is -0.493 e. The number of nitrogens with zero attached hydrogens (tertiary/aromatic N) is 1. The fourth-order valence-corrected chi connectivity index (χ4v) is 3.55. The van der Waals surface area contributed by atoms with Crippen molar-refractivity contribution in [3.8, 4) is 23.0 Å². The van der Waals surface area contributed by atoms with Gasteiger partial charge in [-0.05, 0) is 36.2 Å². The number of carbonyl (C=O) groups excluding carboxylic acids is 2. The van der Waals surface area contributed by atoms with E-state index in [2.05, 4.69) is 15.6 Å². The zero-order valence-corrected chi connectivity index (χ0v) is 19.7. The van der Waals surface area contributed by atoms with E-state index in [1.807, 2.05) is 30.3 Å². The van der Waals surface area contributed by atoms with E-state index in [1.165, 1.54) is 32.5 Å². The second-order valence-corrected chi connectivity index (χ2v) is 7.73. The van der Waals surface area contributed by atoms with Gasteiger partial charge in [0.05, 0.1) is 19.7 Å². The molecule has 4 aromatic rings. The van der Waals surface area contributed by atoms with Gasteiger partial charge in [0, 0.05) is 35.9 Å². The number of anilines is 1. The molecule has 36 heavy (non-hydrogen) atoms. The summed E-state index contributed by atoms with van der Waals surface area (Å²) >= 11 is 0. The lowest BCUT2D eigenvalue weighted by Crippen LogP contribution is -2.36. The molecule has 2 N–H and O–H groups in total. The highest BCUT2D eigenvalue weighted by Gasteiger charge is 2.16. The van der Waals surface area contributed by atoms with Gasteiger partial charge in [-0.3, -0.25) is 14.6 Å². The molecule has 4 rings (SSSR count). The molecular formula is C27H24FN3O5. The maximum absolute atomic E-state index is 14.8. The Morgan fingerprint density at radius 1 is 0.861 bits per heavy atom. The molecule has 0 atom stereocenters. The third-order valence-corrected chi connectivity index (χ3v) is 5.36. The molecule has 0 spiro atoms. The molecule has 8 nitrogen and oxygen atoms in total. The fourth-order valence-electron chi connectivity index (χ4n) is 3.55. The lowest BCUT2D eigenvalue weighted by Gasteiger charge is -2.13. The molecule has 3 aromatic carbocycles. The van der Waals surface area contributed by atoms with Crippen LogP contribution in [0.3, 0.4) is 0 Å². The highest BCUT2D eigenvalue weighted by Crippen LogP contribution is 2.37. The Hall–Kier alpha value is -4.66. The Balaban J connectivity index is 1.42. The lowest BCUT2D eigenvalue weighted by molar-refractivity contribution is -0.136. The molecular weight excluding hydrogens is 465 g/mol. The van der Waals surface area contributed by atoms with Crippen molar-refractivity contribution in [3.63, 3.8) is 0 Å². The second kappa shape index (κ2) is 11.2. The number of rotatable bonds is 8. The number of aromatic nitrogens is 1. The van der Waals surface area contributed by atoms with Crippen molar-refractivity contribution in [2.45, 2.75) is 6.42 Å². The third kappa shape index (κ3) is 5.69. The average Bonchev–Trinajstić information content (AvgIpc) is 2.90. The molecule has 1 heterocycles. The SMILES string of the molecule is COc1cc2nccc(Oc3ccc(NC(=O)C(=O)NCCc4ccccc4)cc3F)c2cc1OC. The Morgan fingerprint density at radius 2 is 1.61 bits per heavy atom. The van der Waals surface area contributed by atoms with E-state index >= 15 is 0 Å². The van der Waals surface area contributed by atoms with Crippen LogP contribution in [0.25, 0.3) is 10.9 Å². The summed E-state index contributed by atoms with van der Waals surface area (Å²) in [6, 6.07) is 18.4. The highest BCUT2D eigenvalue weighted by atomic mass is 19.1. The third-order valence-electron chi connectivity index (χ3n) is 5.36. The number of carbonyl (C=O) groups is 2. The van der Waals surface area contributed by atoms with E-state index in [0.29, 0.717) is 41.1 Å². The van der Waals surface area contributed by atoms with Gasteiger partial charge in [-0.15, -0.1) is 0 Å². The van der Waals surface area contributed by atoms with Crippen LogP contribution < -0.4 is 24.8 Å². The Bertz CT molecular complexity index is 1400. The Labute approximate surface area is 207 Å². The van der Waals surface area contributed by atoms with Crippen LogP contribution in [0.1, 0.15) is 5.56 Å².